The van der Waals surface area contributed by atoms with Gasteiger partial charge in [-0.1, -0.05) is 48.3 Å². The van der Waals surface area contributed by atoms with Gasteiger partial charge in [0, 0.05) is 5.56 Å². The lowest BCUT2D eigenvalue weighted by atomic mass is 9.96. The van der Waals surface area contributed by atoms with E-state index < -0.39 is 12.0 Å². The highest BCUT2D eigenvalue weighted by Gasteiger charge is 2.33. The monoisotopic (exact) mass is 506 g/mol. The fourth-order valence-electron chi connectivity index (χ4n) is 3.97. The lowest BCUT2D eigenvalue weighted by Gasteiger charge is -2.24. The summed E-state index contributed by atoms with van der Waals surface area (Å²) in [4.78, 5) is 31.7. The molecule has 0 bridgehead atoms. The van der Waals surface area contributed by atoms with E-state index >= 15 is 0 Å². The van der Waals surface area contributed by atoms with Gasteiger partial charge in [-0.05, 0) is 43.7 Å². The number of allylic oxidation sites excluding steroid dienone is 1. The van der Waals surface area contributed by atoms with Crippen LogP contribution in [0.1, 0.15) is 31.0 Å². The van der Waals surface area contributed by atoms with Crippen LogP contribution in [0.3, 0.4) is 0 Å². The number of carbonyl (C=O) groups is 1. The zero-order valence-electron chi connectivity index (χ0n) is 20.2. The van der Waals surface area contributed by atoms with E-state index in [1.165, 1.54) is 23.0 Å². The molecule has 0 saturated heterocycles. The molecule has 3 aromatic rings. The second-order valence-electron chi connectivity index (χ2n) is 7.87. The predicted octanol–water partition coefficient (Wildman–Crippen LogP) is 3.08. The van der Waals surface area contributed by atoms with Crippen molar-refractivity contribution in [1.82, 2.24) is 4.57 Å². The third-order valence-corrected chi connectivity index (χ3v) is 6.60. The Balaban J connectivity index is 1.90. The number of hydrogen-bond donors (Lipinski definition) is 1. The topological polar surface area (TPSA) is 99.4 Å². The number of esters is 1. The van der Waals surface area contributed by atoms with Gasteiger partial charge in [-0.15, -0.1) is 0 Å². The molecule has 1 N–H and O–H groups in total. The van der Waals surface area contributed by atoms with Gasteiger partial charge >= 0.3 is 5.97 Å². The first-order chi connectivity index (χ1) is 17.4. The molecule has 2 heterocycles. The maximum Gasteiger partial charge on any atom is 0.338 e. The van der Waals surface area contributed by atoms with Crippen LogP contribution in [0.4, 0.5) is 0 Å². The van der Waals surface area contributed by atoms with Gasteiger partial charge in [0.1, 0.15) is 12.4 Å². The lowest BCUT2D eigenvalue weighted by Crippen LogP contribution is -2.39. The number of carbonyl (C=O) groups excluding carboxylic acids is 1. The van der Waals surface area contributed by atoms with Crippen LogP contribution in [0.15, 0.2) is 76.2 Å². The minimum atomic E-state index is -0.741. The number of aromatic nitrogens is 1. The minimum Gasteiger partial charge on any atom is -0.504 e. The van der Waals surface area contributed by atoms with Gasteiger partial charge in [0.05, 0.1) is 35.6 Å². The average molecular weight is 507 g/mol. The molecule has 0 saturated carbocycles. The third-order valence-electron chi connectivity index (χ3n) is 5.62. The van der Waals surface area contributed by atoms with Crippen LogP contribution >= 0.6 is 11.3 Å². The highest BCUT2D eigenvalue weighted by molar-refractivity contribution is 7.07. The van der Waals surface area contributed by atoms with Crippen molar-refractivity contribution in [3.63, 3.8) is 0 Å². The van der Waals surface area contributed by atoms with Crippen molar-refractivity contribution < 1.29 is 24.1 Å². The molecule has 0 radical (unpaired) electrons. The van der Waals surface area contributed by atoms with E-state index in [9.17, 15) is 14.7 Å². The van der Waals surface area contributed by atoms with E-state index in [1.807, 2.05) is 12.1 Å². The maximum atomic E-state index is 13.7. The second-order valence-corrected chi connectivity index (χ2v) is 8.88. The fraction of sp³-hybridized carbons (Fsp3) is 0.222. The Morgan fingerprint density at radius 2 is 2.00 bits per heavy atom. The van der Waals surface area contributed by atoms with Crippen molar-refractivity contribution in [3.05, 3.63) is 97.2 Å². The second kappa shape index (κ2) is 10.7. The zero-order valence-corrected chi connectivity index (χ0v) is 21.0. The third kappa shape index (κ3) is 4.70. The van der Waals surface area contributed by atoms with E-state index in [2.05, 4.69) is 11.6 Å². The molecule has 186 valence electrons. The number of thiazole rings is 1. The molecule has 0 spiro atoms. The summed E-state index contributed by atoms with van der Waals surface area (Å²) in [5.41, 5.74) is 1.56. The van der Waals surface area contributed by atoms with Crippen LogP contribution in [-0.2, 0) is 9.53 Å². The summed E-state index contributed by atoms with van der Waals surface area (Å²) >= 11 is 1.18. The summed E-state index contributed by atoms with van der Waals surface area (Å²) in [5, 5.41) is 10.5. The number of benzene rings is 2. The van der Waals surface area contributed by atoms with Crippen LogP contribution < -0.4 is 24.4 Å². The number of rotatable bonds is 8. The first kappa shape index (κ1) is 25.0. The summed E-state index contributed by atoms with van der Waals surface area (Å²) < 4.78 is 17.9. The molecule has 0 fully saturated rings. The number of nitrogens with zero attached hydrogens (tertiary/aromatic N) is 2. The van der Waals surface area contributed by atoms with Gasteiger partial charge in [0.2, 0.25) is 0 Å². The first-order valence-electron chi connectivity index (χ1n) is 11.3. The summed E-state index contributed by atoms with van der Waals surface area (Å²) in [6.07, 6.45) is 3.24. The first-order valence-corrected chi connectivity index (χ1v) is 12.1. The van der Waals surface area contributed by atoms with E-state index in [0.29, 0.717) is 49.8 Å². The van der Waals surface area contributed by atoms with Gasteiger partial charge in [0.15, 0.2) is 16.3 Å². The van der Waals surface area contributed by atoms with E-state index in [0.717, 1.165) is 0 Å². The van der Waals surface area contributed by atoms with Crippen molar-refractivity contribution in [2.45, 2.75) is 19.9 Å². The molecule has 1 aliphatic rings. The van der Waals surface area contributed by atoms with Gasteiger partial charge in [-0.25, -0.2) is 9.79 Å². The van der Waals surface area contributed by atoms with Crippen molar-refractivity contribution >= 4 is 23.4 Å². The standard InChI is InChI=1S/C27H26N2O6S/c1-5-14-35-19-12-10-17(11-13-19)23-22(26(32)34-6-2)16(3)28-27-29(23)25(31)21(36-27)15-18-8-7-9-20(33-4)24(18)30/h5,7-13,15,23,30H,1,6,14H2,2-4H3/b21-15-. The Bertz CT molecular complexity index is 1520. The Morgan fingerprint density at radius 3 is 2.67 bits per heavy atom. The van der Waals surface area contributed by atoms with Crippen LogP contribution in [0, 0.1) is 0 Å². The smallest absolute Gasteiger partial charge is 0.338 e. The summed E-state index contributed by atoms with van der Waals surface area (Å²) in [7, 11) is 1.46. The lowest BCUT2D eigenvalue weighted by molar-refractivity contribution is -0.139. The maximum absolute atomic E-state index is 13.7. The van der Waals surface area contributed by atoms with E-state index in [1.54, 1.807) is 56.3 Å². The summed E-state index contributed by atoms with van der Waals surface area (Å²) in [6.45, 7) is 7.65. The number of aromatic hydroxyl groups is 1. The number of fused-ring (bicyclic) bond motifs is 1. The normalized spacial score (nSPS) is 15.2. The number of phenolic OH excluding ortho intramolecular Hbond substituents is 1. The van der Waals surface area contributed by atoms with Gasteiger partial charge in [-0.3, -0.25) is 9.36 Å². The number of para-hydroxylation sites is 1. The number of ether oxygens (including phenoxy) is 3. The SMILES string of the molecule is C=CCOc1ccc(C2C(C(=O)OCC)=C(C)N=c3s/c(=C\c4cccc(OC)c4O)c(=O)n32)cc1. The minimum absolute atomic E-state index is 0.0686. The molecule has 8 nitrogen and oxygen atoms in total. The highest BCUT2D eigenvalue weighted by atomic mass is 32.1. The van der Waals surface area contributed by atoms with Crippen LogP contribution in [0.25, 0.3) is 6.08 Å². The summed E-state index contributed by atoms with van der Waals surface area (Å²) in [5.74, 6) is 0.336. The van der Waals surface area contributed by atoms with Crippen molar-refractivity contribution in [2.24, 2.45) is 4.99 Å². The van der Waals surface area contributed by atoms with Gasteiger partial charge in [-0.2, -0.15) is 0 Å². The van der Waals surface area contributed by atoms with E-state index in [4.69, 9.17) is 14.2 Å². The van der Waals surface area contributed by atoms with Crippen molar-refractivity contribution in [1.29, 1.82) is 0 Å². The molecule has 1 aromatic heterocycles. The summed E-state index contributed by atoms with van der Waals surface area (Å²) in [6, 6.07) is 11.5. The van der Waals surface area contributed by atoms with Crippen molar-refractivity contribution in [2.75, 3.05) is 20.3 Å². The Labute approximate surface area is 211 Å². The Morgan fingerprint density at radius 1 is 1.25 bits per heavy atom. The molecule has 2 aromatic carbocycles. The molecule has 4 rings (SSSR count). The van der Waals surface area contributed by atoms with Crippen LogP contribution in [-0.4, -0.2) is 36.0 Å². The number of methoxy groups -OCH3 is 1. The quantitative estimate of drug-likeness (QED) is 0.372. The Kier molecular flexibility index (Phi) is 7.40. The highest BCUT2D eigenvalue weighted by Crippen LogP contribution is 2.32. The molecular formula is C27H26N2O6S. The molecule has 0 aliphatic carbocycles. The number of hydrogen-bond acceptors (Lipinski definition) is 8. The predicted molar refractivity (Wildman–Crippen MR) is 137 cm³/mol. The zero-order chi connectivity index (χ0) is 25.8. The van der Waals surface area contributed by atoms with Crippen molar-refractivity contribution in [3.8, 4) is 17.2 Å². The van der Waals surface area contributed by atoms with Crippen LogP contribution in [0.5, 0.6) is 17.2 Å². The fourth-order valence-corrected chi connectivity index (χ4v) is 5.01. The molecule has 1 atom stereocenters. The molecule has 0 amide bonds. The average Bonchev–Trinajstić information content (AvgIpc) is 3.17. The van der Waals surface area contributed by atoms with Crippen LogP contribution in [0.2, 0.25) is 0 Å². The largest absolute Gasteiger partial charge is 0.504 e. The molecule has 9 heteroatoms. The van der Waals surface area contributed by atoms with Gasteiger partial charge < -0.3 is 19.3 Å². The van der Waals surface area contributed by atoms with E-state index in [-0.39, 0.29) is 17.9 Å². The molecule has 36 heavy (non-hydrogen) atoms. The Hall–Kier alpha value is -4.11. The number of phenols is 1. The molecule has 1 unspecified atom stereocenters. The van der Waals surface area contributed by atoms with Gasteiger partial charge in [0.25, 0.3) is 5.56 Å². The molecular weight excluding hydrogens is 480 g/mol. The molecule has 1 aliphatic heterocycles.